The van der Waals surface area contributed by atoms with E-state index in [1.54, 1.807) is 20.2 Å². The number of benzene rings is 1. The van der Waals surface area contributed by atoms with E-state index in [9.17, 15) is 9.59 Å². The molecule has 0 atom stereocenters. The maximum atomic E-state index is 12.5. The lowest BCUT2D eigenvalue weighted by Gasteiger charge is -2.23. The van der Waals surface area contributed by atoms with Crippen molar-refractivity contribution >= 4 is 17.5 Å². The largest absolute Gasteiger partial charge is 0.398 e. The van der Waals surface area contributed by atoms with Crippen molar-refractivity contribution in [3.05, 3.63) is 29.3 Å². The Hall–Kier alpha value is -2.04. The first-order valence-electron chi connectivity index (χ1n) is 6.23. The minimum Gasteiger partial charge on any atom is -0.398 e. The summed E-state index contributed by atoms with van der Waals surface area (Å²) in [4.78, 5) is 27.1. The molecular formula is C14H21N3O2. The number of anilines is 1. The molecule has 0 spiro atoms. The second-order valence-corrected chi connectivity index (χ2v) is 4.65. The van der Waals surface area contributed by atoms with Crippen LogP contribution < -0.4 is 5.73 Å². The number of nitrogen functional groups attached to an aromatic ring is 1. The lowest BCUT2D eigenvalue weighted by molar-refractivity contribution is -0.129. The second-order valence-electron chi connectivity index (χ2n) is 4.65. The van der Waals surface area contributed by atoms with Crippen LogP contribution in [0.3, 0.4) is 0 Å². The summed E-state index contributed by atoms with van der Waals surface area (Å²) in [6.07, 6.45) is 0. The third-order valence-corrected chi connectivity index (χ3v) is 3.01. The summed E-state index contributed by atoms with van der Waals surface area (Å²) in [7, 11) is 3.34. The van der Waals surface area contributed by atoms with Gasteiger partial charge in [-0.2, -0.15) is 0 Å². The van der Waals surface area contributed by atoms with Crippen LogP contribution in [0.4, 0.5) is 5.69 Å². The monoisotopic (exact) mass is 263 g/mol. The van der Waals surface area contributed by atoms with E-state index in [-0.39, 0.29) is 18.4 Å². The average Bonchev–Trinajstić information content (AvgIpc) is 2.34. The first-order chi connectivity index (χ1) is 8.88. The first kappa shape index (κ1) is 15.0. The Morgan fingerprint density at radius 2 is 1.89 bits per heavy atom. The minimum absolute atomic E-state index is 0.0656. The van der Waals surface area contributed by atoms with E-state index in [4.69, 9.17) is 5.73 Å². The molecule has 2 N–H and O–H groups in total. The summed E-state index contributed by atoms with van der Waals surface area (Å²) < 4.78 is 0. The molecule has 19 heavy (non-hydrogen) atoms. The van der Waals surface area contributed by atoms with E-state index in [1.165, 1.54) is 9.80 Å². The predicted octanol–water partition coefficient (Wildman–Crippen LogP) is 1.13. The smallest absolute Gasteiger partial charge is 0.256 e. The van der Waals surface area contributed by atoms with Crippen molar-refractivity contribution < 1.29 is 9.59 Å². The molecule has 0 bridgehead atoms. The molecule has 0 unspecified atom stereocenters. The molecule has 5 nitrogen and oxygen atoms in total. The normalized spacial score (nSPS) is 10.1. The third kappa shape index (κ3) is 3.47. The Balaban J connectivity index is 2.99. The molecule has 0 heterocycles. The highest BCUT2D eigenvalue weighted by Crippen LogP contribution is 2.18. The van der Waals surface area contributed by atoms with Crippen LogP contribution in [0.15, 0.2) is 18.2 Å². The molecule has 0 fully saturated rings. The molecule has 5 heteroatoms. The van der Waals surface area contributed by atoms with Gasteiger partial charge in [0.15, 0.2) is 0 Å². The van der Waals surface area contributed by atoms with E-state index in [0.717, 1.165) is 5.56 Å². The molecule has 0 aliphatic heterocycles. The van der Waals surface area contributed by atoms with Crippen molar-refractivity contribution in [1.82, 2.24) is 9.80 Å². The van der Waals surface area contributed by atoms with Crippen LogP contribution in [0, 0.1) is 6.92 Å². The lowest BCUT2D eigenvalue weighted by Crippen LogP contribution is -2.40. The fraction of sp³-hybridized carbons (Fsp3) is 0.429. The summed E-state index contributed by atoms with van der Waals surface area (Å²) in [5, 5.41) is 0. The number of likely N-dealkylation sites (N-methyl/N-ethyl adjacent to an activating group) is 2. The van der Waals surface area contributed by atoms with Crippen molar-refractivity contribution in [1.29, 1.82) is 0 Å². The van der Waals surface area contributed by atoms with Gasteiger partial charge in [0, 0.05) is 26.3 Å². The van der Waals surface area contributed by atoms with Crippen LogP contribution in [-0.2, 0) is 4.79 Å². The Bertz CT molecular complexity index is 463. The van der Waals surface area contributed by atoms with Gasteiger partial charge in [0.25, 0.3) is 5.91 Å². The van der Waals surface area contributed by atoms with Crippen molar-refractivity contribution in [3.63, 3.8) is 0 Å². The van der Waals surface area contributed by atoms with E-state index in [0.29, 0.717) is 17.8 Å². The van der Waals surface area contributed by atoms with Crippen LogP contribution in [-0.4, -0.2) is 48.8 Å². The minimum atomic E-state index is -0.201. The first-order valence-corrected chi connectivity index (χ1v) is 6.23. The number of nitrogens with zero attached hydrogens (tertiary/aromatic N) is 2. The summed E-state index contributed by atoms with van der Waals surface area (Å²) >= 11 is 0. The molecule has 1 rings (SSSR count). The van der Waals surface area contributed by atoms with Crippen LogP contribution in [0.25, 0.3) is 0 Å². The molecule has 1 aromatic rings. The van der Waals surface area contributed by atoms with Gasteiger partial charge in [-0.05, 0) is 25.5 Å². The van der Waals surface area contributed by atoms with Crippen molar-refractivity contribution in [2.24, 2.45) is 0 Å². The quantitative estimate of drug-likeness (QED) is 0.828. The highest BCUT2D eigenvalue weighted by Gasteiger charge is 2.21. The average molecular weight is 263 g/mol. The van der Waals surface area contributed by atoms with Crippen LogP contribution >= 0.6 is 0 Å². The fourth-order valence-corrected chi connectivity index (χ4v) is 1.77. The standard InChI is InChI=1S/C14H21N3O2/c1-5-17(9-12(18)16(3)4)14(19)13-10(2)7-6-8-11(13)15/h6-8H,5,9,15H2,1-4H3. The molecule has 0 aliphatic carbocycles. The SMILES string of the molecule is CCN(CC(=O)N(C)C)C(=O)c1c(C)cccc1N. The third-order valence-electron chi connectivity index (χ3n) is 3.01. The molecule has 0 saturated carbocycles. The molecule has 0 aliphatic rings. The maximum Gasteiger partial charge on any atom is 0.256 e. The zero-order valence-electron chi connectivity index (χ0n) is 11.9. The predicted molar refractivity (Wildman–Crippen MR) is 75.9 cm³/mol. The second kappa shape index (κ2) is 6.22. The zero-order chi connectivity index (χ0) is 14.6. The van der Waals surface area contributed by atoms with Gasteiger partial charge in [0.2, 0.25) is 5.91 Å². The number of hydrogen-bond donors (Lipinski definition) is 1. The molecule has 104 valence electrons. The van der Waals surface area contributed by atoms with Gasteiger partial charge in [-0.3, -0.25) is 9.59 Å². The van der Waals surface area contributed by atoms with Crippen molar-refractivity contribution in [2.75, 3.05) is 32.9 Å². The molecular weight excluding hydrogens is 242 g/mol. The van der Waals surface area contributed by atoms with Gasteiger partial charge in [-0.15, -0.1) is 0 Å². The maximum absolute atomic E-state index is 12.5. The molecule has 1 aromatic carbocycles. The van der Waals surface area contributed by atoms with E-state index >= 15 is 0 Å². The highest BCUT2D eigenvalue weighted by molar-refractivity contribution is 6.01. The van der Waals surface area contributed by atoms with Crippen LogP contribution in [0.2, 0.25) is 0 Å². The van der Waals surface area contributed by atoms with Gasteiger partial charge >= 0.3 is 0 Å². The number of aryl methyl sites for hydroxylation is 1. The van der Waals surface area contributed by atoms with Gasteiger partial charge in [0.1, 0.15) is 0 Å². The number of carbonyl (C=O) groups is 2. The summed E-state index contributed by atoms with van der Waals surface area (Å²) in [6.45, 7) is 4.21. The Labute approximate surface area is 114 Å². The molecule has 0 saturated heterocycles. The van der Waals surface area contributed by atoms with Gasteiger partial charge in [-0.25, -0.2) is 0 Å². The number of nitrogens with two attached hydrogens (primary N) is 1. The lowest BCUT2D eigenvalue weighted by atomic mass is 10.1. The van der Waals surface area contributed by atoms with Gasteiger partial charge in [-0.1, -0.05) is 12.1 Å². The van der Waals surface area contributed by atoms with Gasteiger partial charge in [0.05, 0.1) is 12.1 Å². The van der Waals surface area contributed by atoms with E-state index < -0.39 is 0 Å². The summed E-state index contributed by atoms with van der Waals surface area (Å²) in [6, 6.07) is 5.34. The van der Waals surface area contributed by atoms with Crippen LogP contribution in [0.5, 0.6) is 0 Å². The number of rotatable bonds is 4. The van der Waals surface area contributed by atoms with E-state index in [2.05, 4.69) is 0 Å². The van der Waals surface area contributed by atoms with Crippen molar-refractivity contribution in [3.8, 4) is 0 Å². The fourth-order valence-electron chi connectivity index (χ4n) is 1.77. The summed E-state index contributed by atoms with van der Waals surface area (Å²) in [5.74, 6) is -0.310. The molecule has 0 aromatic heterocycles. The number of hydrogen-bond acceptors (Lipinski definition) is 3. The number of amides is 2. The van der Waals surface area contributed by atoms with Crippen molar-refractivity contribution in [2.45, 2.75) is 13.8 Å². The Morgan fingerprint density at radius 3 is 2.37 bits per heavy atom. The Kier molecular flexibility index (Phi) is 4.92. The number of carbonyl (C=O) groups excluding carboxylic acids is 2. The molecule has 2 amide bonds. The highest BCUT2D eigenvalue weighted by atomic mass is 16.2. The topological polar surface area (TPSA) is 66.6 Å². The van der Waals surface area contributed by atoms with Crippen LogP contribution in [0.1, 0.15) is 22.8 Å². The summed E-state index contributed by atoms with van der Waals surface area (Å²) in [5.41, 5.74) is 7.61. The Morgan fingerprint density at radius 1 is 1.26 bits per heavy atom. The molecule has 0 radical (unpaired) electrons. The zero-order valence-corrected chi connectivity index (χ0v) is 11.9. The van der Waals surface area contributed by atoms with E-state index in [1.807, 2.05) is 26.0 Å². The van der Waals surface area contributed by atoms with Gasteiger partial charge < -0.3 is 15.5 Å².